The molecule has 1 aromatic heterocycles. The summed E-state index contributed by atoms with van der Waals surface area (Å²) in [7, 11) is 0. The van der Waals surface area contributed by atoms with E-state index in [1.165, 1.54) is 46.1 Å². The molecule has 2 amide bonds. The molecule has 2 aromatic carbocycles. The number of aromatic nitrogens is 2. The van der Waals surface area contributed by atoms with E-state index in [4.69, 9.17) is 5.73 Å². The van der Waals surface area contributed by atoms with Gasteiger partial charge in [0.1, 0.15) is 17.8 Å². The van der Waals surface area contributed by atoms with Crippen LogP contribution < -0.4 is 5.73 Å². The van der Waals surface area contributed by atoms with E-state index in [0.29, 0.717) is 28.4 Å². The zero-order valence-electron chi connectivity index (χ0n) is 22.8. The number of benzene rings is 2. The van der Waals surface area contributed by atoms with Gasteiger partial charge in [-0.2, -0.15) is 17.7 Å². The Morgan fingerprint density at radius 3 is 2.26 bits per heavy atom. The molecule has 2 N–H and O–H groups in total. The number of rotatable bonds is 5. The van der Waals surface area contributed by atoms with Crippen LogP contribution in [0.15, 0.2) is 54.9 Å². The number of nitrogens with zero attached hydrogens (tertiary/aromatic N) is 4. The van der Waals surface area contributed by atoms with Crippen molar-refractivity contribution in [3.63, 3.8) is 0 Å². The van der Waals surface area contributed by atoms with Crippen molar-refractivity contribution in [1.29, 1.82) is 0 Å². The first kappa shape index (κ1) is 28.0. The van der Waals surface area contributed by atoms with Gasteiger partial charge in [-0.05, 0) is 54.2 Å². The predicted octanol–water partition coefficient (Wildman–Crippen LogP) is 5.11. The molecule has 1 aliphatic carbocycles. The predicted molar refractivity (Wildman–Crippen MR) is 144 cm³/mol. The van der Waals surface area contributed by atoms with Gasteiger partial charge < -0.3 is 4.90 Å². The Hall–Kier alpha value is -4.15. The lowest BCUT2D eigenvalue weighted by molar-refractivity contribution is -0.464. The van der Waals surface area contributed by atoms with Crippen LogP contribution in [-0.4, -0.2) is 37.1 Å². The molecule has 1 atom stereocenters. The van der Waals surface area contributed by atoms with Crippen molar-refractivity contribution >= 4 is 17.6 Å². The number of amidine groups is 1. The fraction of sp³-hybridized carbons (Fsp3) is 0.387. The summed E-state index contributed by atoms with van der Waals surface area (Å²) in [5.41, 5.74) is 6.06. The van der Waals surface area contributed by atoms with Crippen molar-refractivity contribution in [2.75, 3.05) is 0 Å². The Bertz CT molecular complexity index is 1560. The second-order valence-corrected chi connectivity index (χ2v) is 11.4. The summed E-state index contributed by atoms with van der Waals surface area (Å²) in [6.45, 7) is 0.00891. The molecule has 0 radical (unpaired) electrons. The standard InChI is InChI=1S/C31H29F4N5O2/c32-22-9-7-21(8-10-22)30(20-4-2-1-3-5-20)15-27(36)40(29(30)42)16-19-6-11-24(31(33,34)35)23(14-19)28(41)39-17-25-26(18-39)38-13-12-37-25/h6-14,20,36H,1-5,15-18H2/p+1. The first-order valence-electron chi connectivity index (χ1n) is 14.1. The number of nitrogens with two attached hydrogens (primary N) is 1. The lowest BCUT2D eigenvalue weighted by Crippen LogP contribution is -2.44. The van der Waals surface area contributed by atoms with Crippen molar-refractivity contribution in [2.45, 2.75) is 69.8 Å². The van der Waals surface area contributed by atoms with Crippen molar-refractivity contribution in [2.24, 2.45) is 11.7 Å². The van der Waals surface area contributed by atoms with E-state index in [1.807, 2.05) is 0 Å². The Kier molecular flexibility index (Phi) is 7.06. The van der Waals surface area contributed by atoms with Crippen molar-refractivity contribution in [3.8, 4) is 0 Å². The van der Waals surface area contributed by atoms with E-state index in [-0.39, 0.29) is 37.9 Å². The highest BCUT2D eigenvalue weighted by Crippen LogP contribution is 2.47. The lowest BCUT2D eigenvalue weighted by atomic mass is 9.63. The number of alkyl halides is 3. The van der Waals surface area contributed by atoms with E-state index in [2.05, 4.69) is 9.97 Å². The zero-order valence-corrected chi connectivity index (χ0v) is 22.8. The monoisotopic (exact) mass is 580 g/mol. The zero-order chi connectivity index (χ0) is 29.6. The summed E-state index contributed by atoms with van der Waals surface area (Å²) in [6, 6.07) is 9.29. The van der Waals surface area contributed by atoms with E-state index in [0.717, 1.165) is 38.2 Å². The van der Waals surface area contributed by atoms with Gasteiger partial charge >= 0.3 is 12.1 Å². The highest BCUT2D eigenvalue weighted by molar-refractivity contribution is 5.98. The van der Waals surface area contributed by atoms with E-state index in [1.54, 1.807) is 12.1 Å². The SMILES string of the molecule is NC1=[N+](Cc2ccc(C(F)(F)F)c(C(=O)N3Cc4nccnc4C3)c2)C(=O)C(c2ccc(F)cc2)(C2CCCCC2)C1. The molecule has 7 nitrogen and oxygen atoms in total. The Labute approximate surface area is 240 Å². The molecule has 1 unspecified atom stereocenters. The smallest absolute Gasteiger partial charge is 0.327 e. The van der Waals surface area contributed by atoms with Gasteiger partial charge in [0.2, 0.25) is 0 Å². The van der Waals surface area contributed by atoms with Crippen molar-refractivity contribution in [1.82, 2.24) is 14.9 Å². The Morgan fingerprint density at radius 1 is 1.00 bits per heavy atom. The maximum absolute atomic E-state index is 14.3. The van der Waals surface area contributed by atoms with Crippen molar-refractivity contribution < 1.29 is 31.7 Å². The van der Waals surface area contributed by atoms with Gasteiger partial charge in [-0.3, -0.25) is 20.5 Å². The minimum Gasteiger partial charge on any atom is -0.327 e. The largest absolute Gasteiger partial charge is 0.417 e. The van der Waals surface area contributed by atoms with Crippen LogP contribution in [0.1, 0.15) is 77.0 Å². The molecule has 3 aromatic rings. The fourth-order valence-corrected chi connectivity index (χ4v) is 6.81. The number of halogens is 4. The molecule has 218 valence electrons. The second kappa shape index (κ2) is 10.6. The third-order valence-electron chi connectivity index (χ3n) is 8.88. The fourth-order valence-electron chi connectivity index (χ4n) is 6.81. The van der Waals surface area contributed by atoms with Gasteiger partial charge in [-0.25, -0.2) is 9.18 Å². The number of carbonyl (C=O) groups excluding carboxylic acids is 2. The maximum atomic E-state index is 14.3. The lowest BCUT2D eigenvalue weighted by Gasteiger charge is -2.37. The van der Waals surface area contributed by atoms with Crippen LogP contribution in [0.4, 0.5) is 17.6 Å². The number of carbonyl (C=O) groups is 2. The van der Waals surface area contributed by atoms with Crippen LogP contribution in [-0.2, 0) is 36.0 Å². The molecular weight excluding hydrogens is 550 g/mol. The molecule has 42 heavy (non-hydrogen) atoms. The van der Waals surface area contributed by atoms with Gasteiger partial charge in [-0.15, -0.1) is 0 Å². The highest BCUT2D eigenvalue weighted by Gasteiger charge is 2.56. The molecule has 1 fully saturated rings. The quantitative estimate of drug-likeness (QED) is 0.335. The average molecular weight is 581 g/mol. The Morgan fingerprint density at radius 2 is 1.64 bits per heavy atom. The minimum absolute atomic E-state index is 0.00322. The molecular formula is C31H30F4N5O2+. The molecule has 0 bridgehead atoms. The third-order valence-corrected chi connectivity index (χ3v) is 8.88. The third kappa shape index (κ3) is 4.84. The van der Waals surface area contributed by atoms with Crippen LogP contribution in [0.5, 0.6) is 0 Å². The minimum atomic E-state index is -4.76. The summed E-state index contributed by atoms with van der Waals surface area (Å²) in [6.07, 6.45) is 3.08. The number of amides is 2. The molecule has 0 spiro atoms. The normalized spacial score (nSPS) is 21.2. The average Bonchev–Trinajstić information content (AvgIpc) is 3.52. The van der Waals surface area contributed by atoms with E-state index < -0.39 is 34.4 Å². The van der Waals surface area contributed by atoms with E-state index in [9.17, 15) is 27.2 Å². The maximum Gasteiger partial charge on any atom is 0.417 e. The summed E-state index contributed by atoms with van der Waals surface area (Å²) >= 11 is 0. The number of hydrogen-bond donors (Lipinski definition) is 1. The summed E-state index contributed by atoms with van der Waals surface area (Å²) in [5.74, 6) is -1.16. The molecule has 3 heterocycles. The van der Waals surface area contributed by atoms with Gasteiger partial charge in [-0.1, -0.05) is 37.5 Å². The molecule has 3 aliphatic rings. The summed E-state index contributed by atoms with van der Waals surface area (Å²) in [5, 5.41) is 0. The summed E-state index contributed by atoms with van der Waals surface area (Å²) < 4.78 is 57.4. The number of hydrogen-bond acceptors (Lipinski definition) is 5. The van der Waals surface area contributed by atoms with Crippen LogP contribution in [0.3, 0.4) is 0 Å². The molecule has 2 aliphatic heterocycles. The summed E-state index contributed by atoms with van der Waals surface area (Å²) in [4.78, 5) is 37.4. The Balaban J connectivity index is 1.33. The van der Waals surface area contributed by atoms with Crippen molar-refractivity contribution in [3.05, 3.63) is 94.3 Å². The molecule has 11 heteroatoms. The van der Waals surface area contributed by atoms with E-state index >= 15 is 0 Å². The van der Waals surface area contributed by atoms with Crippen LogP contribution in [0.2, 0.25) is 0 Å². The highest BCUT2D eigenvalue weighted by atomic mass is 19.4. The topological polar surface area (TPSA) is 92.2 Å². The van der Waals surface area contributed by atoms with Crippen LogP contribution >= 0.6 is 0 Å². The molecule has 0 saturated heterocycles. The van der Waals surface area contributed by atoms with Crippen LogP contribution in [0.25, 0.3) is 0 Å². The second-order valence-electron chi connectivity index (χ2n) is 11.4. The first-order valence-corrected chi connectivity index (χ1v) is 14.1. The van der Waals surface area contributed by atoms with Crippen LogP contribution in [0, 0.1) is 11.7 Å². The molecule has 6 rings (SSSR count). The molecule has 1 saturated carbocycles. The van der Waals surface area contributed by atoms with Gasteiger partial charge in [0.25, 0.3) is 11.7 Å². The van der Waals surface area contributed by atoms with Gasteiger partial charge in [0.05, 0.1) is 42.0 Å². The van der Waals surface area contributed by atoms with Gasteiger partial charge in [0.15, 0.2) is 0 Å². The van der Waals surface area contributed by atoms with Gasteiger partial charge in [0, 0.05) is 12.4 Å². The number of fused-ring (bicyclic) bond motifs is 1. The first-order chi connectivity index (χ1) is 20.1.